The van der Waals surface area contributed by atoms with E-state index in [0.717, 1.165) is 37.0 Å². The molecule has 0 radical (unpaired) electrons. The Hall–Kier alpha value is -2.17. The highest BCUT2D eigenvalue weighted by molar-refractivity contribution is 5.71. The first-order valence-electron chi connectivity index (χ1n) is 8.32. The molecule has 1 unspecified atom stereocenters. The number of aromatic nitrogens is 3. The second-order valence-electron chi connectivity index (χ2n) is 6.03. The Bertz CT molecular complexity index is 806. The molecule has 0 aliphatic heterocycles. The number of allylic oxidation sites excluding steroid dienone is 4. The Morgan fingerprint density at radius 3 is 3.00 bits per heavy atom. The van der Waals surface area contributed by atoms with Crippen LogP contribution in [-0.4, -0.2) is 27.1 Å². The quantitative estimate of drug-likeness (QED) is 0.867. The van der Waals surface area contributed by atoms with Crippen molar-refractivity contribution in [1.82, 2.24) is 14.4 Å². The molecule has 23 heavy (non-hydrogen) atoms. The fraction of sp³-hybridized carbons (Fsp3) is 0.444. The van der Waals surface area contributed by atoms with E-state index >= 15 is 0 Å². The number of hydrogen-bond acceptors (Lipinski definition) is 3. The van der Waals surface area contributed by atoms with Gasteiger partial charge in [-0.05, 0) is 32.6 Å². The van der Waals surface area contributed by atoms with Crippen LogP contribution in [0.25, 0.3) is 11.2 Å². The minimum absolute atomic E-state index is 0.411. The maximum Gasteiger partial charge on any atom is 0.302 e. The molecule has 2 aliphatic carbocycles. The summed E-state index contributed by atoms with van der Waals surface area (Å²) in [6.45, 7) is 2.49. The fourth-order valence-corrected chi connectivity index (χ4v) is 3.38. The predicted octanol–water partition coefficient (Wildman–Crippen LogP) is 3.69. The van der Waals surface area contributed by atoms with Gasteiger partial charge < -0.3 is 4.74 Å². The summed E-state index contributed by atoms with van der Waals surface area (Å²) in [7, 11) is 0. The van der Waals surface area contributed by atoms with E-state index in [9.17, 15) is 4.39 Å². The number of ether oxygens (including phenoxy) is 1. The van der Waals surface area contributed by atoms with Gasteiger partial charge in [0.25, 0.3) is 0 Å². The molecule has 2 aromatic rings. The summed E-state index contributed by atoms with van der Waals surface area (Å²) in [6.07, 6.45) is 11.1. The number of halogens is 1. The van der Waals surface area contributed by atoms with Crippen molar-refractivity contribution in [2.75, 3.05) is 6.61 Å². The van der Waals surface area contributed by atoms with Crippen molar-refractivity contribution in [3.63, 3.8) is 0 Å². The summed E-state index contributed by atoms with van der Waals surface area (Å²) in [6, 6.07) is 0.559. The van der Waals surface area contributed by atoms with Crippen LogP contribution in [0.1, 0.15) is 43.1 Å². The highest BCUT2D eigenvalue weighted by atomic mass is 19.1. The molecule has 0 aromatic carbocycles. The third-order valence-electron chi connectivity index (χ3n) is 4.51. The molecule has 0 amide bonds. The first-order valence-corrected chi connectivity index (χ1v) is 8.32. The monoisotopic (exact) mass is 313 g/mol. The van der Waals surface area contributed by atoms with Crippen LogP contribution in [-0.2, 0) is 12.8 Å². The van der Waals surface area contributed by atoms with Crippen molar-refractivity contribution in [2.45, 2.75) is 45.2 Å². The van der Waals surface area contributed by atoms with Gasteiger partial charge in [-0.3, -0.25) is 4.40 Å². The summed E-state index contributed by atoms with van der Waals surface area (Å²) in [4.78, 5) is 9.43. The summed E-state index contributed by atoms with van der Waals surface area (Å²) in [5.41, 5.74) is 4.47. The molecule has 2 aliphatic rings. The fourth-order valence-electron chi connectivity index (χ4n) is 3.38. The summed E-state index contributed by atoms with van der Waals surface area (Å²) >= 11 is 0. The Balaban J connectivity index is 1.91. The Labute approximate surface area is 134 Å². The van der Waals surface area contributed by atoms with Crippen molar-refractivity contribution in [3.8, 4) is 6.01 Å². The normalized spacial score (nSPS) is 20.4. The number of hydrogen-bond donors (Lipinski definition) is 0. The number of nitrogens with zero attached hydrogens (tertiary/aromatic N) is 3. The summed E-state index contributed by atoms with van der Waals surface area (Å²) < 4.78 is 21.8. The molecule has 4 nitrogen and oxygen atoms in total. The van der Waals surface area contributed by atoms with E-state index in [1.54, 1.807) is 0 Å². The zero-order valence-corrected chi connectivity index (χ0v) is 13.3. The van der Waals surface area contributed by atoms with E-state index in [2.05, 4.69) is 4.98 Å². The molecular formula is C18H20FN3O. The lowest BCUT2D eigenvalue weighted by molar-refractivity contribution is 0.306. The molecule has 0 spiro atoms. The standard InChI is InChI=1S/C18H20FN3O/c1-2-23-18-21-15-10-6-4-8-13(15)17-20-16(11-22(17)18)12-7-3-5-9-14(12)19/h3,5,7,11,14H,2,4,6,8-10H2,1H3. The van der Waals surface area contributed by atoms with E-state index in [1.807, 2.05) is 35.7 Å². The van der Waals surface area contributed by atoms with Gasteiger partial charge in [-0.25, -0.2) is 14.4 Å². The highest BCUT2D eigenvalue weighted by Gasteiger charge is 2.23. The van der Waals surface area contributed by atoms with Crippen LogP contribution >= 0.6 is 0 Å². The highest BCUT2D eigenvalue weighted by Crippen LogP contribution is 2.31. The molecule has 0 saturated heterocycles. The molecule has 2 heterocycles. The van der Waals surface area contributed by atoms with Crippen LogP contribution < -0.4 is 4.74 Å². The lowest BCUT2D eigenvalue weighted by atomic mass is 9.97. The van der Waals surface area contributed by atoms with Crippen LogP contribution in [0.15, 0.2) is 24.4 Å². The van der Waals surface area contributed by atoms with Gasteiger partial charge in [-0.1, -0.05) is 18.2 Å². The molecule has 1 atom stereocenters. The van der Waals surface area contributed by atoms with E-state index < -0.39 is 6.17 Å². The van der Waals surface area contributed by atoms with Gasteiger partial charge in [0, 0.05) is 23.8 Å². The maximum absolute atomic E-state index is 14.2. The van der Waals surface area contributed by atoms with Crippen LogP contribution in [0.5, 0.6) is 6.01 Å². The second-order valence-corrected chi connectivity index (χ2v) is 6.03. The largest absolute Gasteiger partial charge is 0.465 e. The topological polar surface area (TPSA) is 39.4 Å². The van der Waals surface area contributed by atoms with E-state index in [0.29, 0.717) is 30.3 Å². The van der Waals surface area contributed by atoms with Gasteiger partial charge >= 0.3 is 6.01 Å². The SMILES string of the molecule is CCOc1nc2c(c3nc(C4=CC=CCC4F)cn13)CCCC2. The number of alkyl halides is 1. The maximum atomic E-state index is 14.2. The van der Waals surface area contributed by atoms with Crippen LogP contribution in [0.4, 0.5) is 4.39 Å². The van der Waals surface area contributed by atoms with Crippen molar-refractivity contribution >= 4 is 11.2 Å². The van der Waals surface area contributed by atoms with Crippen LogP contribution in [0.3, 0.4) is 0 Å². The second kappa shape index (κ2) is 5.80. The van der Waals surface area contributed by atoms with Crippen molar-refractivity contribution in [1.29, 1.82) is 0 Å². The van der Waals surface area contributed by atoms with Crippen molar-refractivity contribution in [2.24, 2.45) is 0 Å². The minimum Gasteiger partial charge on any atom is -0.465 e. The Morgan fingerprint density at radius 1 is 1.30 bits per heavy atom. The molecule has 5 heteroatoms. The zero-order valence-electron chi connectivity index (χ0n) is 13.3. The van der Waals surface area contributed by atoms with Gasteiger partial charge in [-0.2, -0.15) is 0 Å². The van der Waals surface area contributed by atoms with E-state index in [4.69, 9.17) is 9.72 Å². The Morgan fingerprint density at radius 2 is 2.17 bits per heavy atom. The number of fused-ring (bicyclic) bond motifs is 3. The Kier molecular flexibility index (Phi) is 3.63. The zero-order chi connectivity index (χ0) is 15.8. The molecule has 0 bridgehead atoms. The van der Waals surface area contributed by atoms with Gasteiger partial charge in [0.15, 0.2) is 0 Å². The number of imidazole rings is 1. The number of rotatable bonds is 3. The first kappa shape index (κ1) is 14.4. The first-order chi connectivity index (χ1) is 11.3. The molecular weight excluding hydrogens is 293 g/mol. The van der Waals surface area contributed by atoms with Crippen molar-refractivity contribution < 1.29 is 9.13 Å². The van der Waals surface area contributed by atoms with Crippen molar-refractivity contribution in [3.05, 3.63) is 41.4 Å². The summed E-state index contributed by atoms with van der Waals surface area (Å²) in [5.74, 6) is 0. The lowest BCUT2D eigenvalue weighted by Crippen LogP contribution is -2.11. The lowest BCUT2D eigenvalue weighted by Gasteiger charge is -2.17. The minimum atomic E-state index is -0.996. The predicted molar refractivity (Wildman–Crippen MR) is 87.4 cm³/mol. The van der Waals surface area contributed by atoms with Gasteiger partial charge in [-0.15, -0.1) is 0 Å². The molecule has 2 aromatic heterocycles. The molecule has 120 valence electrons. The van der Waals surface area contributed by atoms with E-state index in [1.165, 1.54) is 5.56 Å². The molecule has 0 N–H and O–H groups in total. The average molecular weight is 313 g/mol. The smallest absolute Gasteiger partial charge is 0.302 e. The number of aryl methyl sites for hydroxylation is 2. The van der Waals surface area contributed by atoms with Crippen LogP contribution in [0.2, 0.25) is 0 Å². The molecule has 0 saturated carbocycles. The van der Waals surface area contributed by atoms with Gasteiger partial charge in [0.2, 0.25) is 0 Å². The van der Waals surface area contributed by atoms with Gasteiger partial charge in [0.05, 0.1) is 18.0 Å². The van der Waals surface area contributed by atoms with E-state index in [-0.39, 0.29) is 0 Å². The summed E-state index contributed by atoms with van der Waals surface area (Å²) in [5, 5.41) is 0. The molecule has 4 rings (SSSR count). The molecule has 0 fully saturated rings. The van der Waals surface area contributed by atoms with Crippen LogP contribution in [0, 0.1) is 0 Å². The third kappa shape index (κ3) is 2.44. The average Bonchev–Trinajstić information content (AvgIpc) is 3.01. The van der Waals surface area contributed by atoms with Gasteiger partial charge in [0.1, 0.15) is 11.8 Å². The third-order valence-corrected chi connectivity index (χ3v) is 4.51.